The molecular weight excluding hydrogens is 277 g/mol. The molecule has 0 radical (unpaired) electrons. The van der Waals surface area contributed by atoms with Crippen LogP contribution in [-0.2, 0) is 16.1 Å². The van der Waals surface area contributed by atoms with E-state index >= 15 is 0 Å². The van der Waals surface area contributed by atoms with Crippen molar-refractivity contribution in [3.63, 3.8) is 0 Å². The number of hydrogen-bond acceptors (Lipinski definition) is 2. The molecule has 0 aliphatic carbocycles. The van der Waals surface area contributed by atoms with Crippen molar-refractivity contribution in [3.05, 3.63) is 33.8 Å². The molecule has 0 unspecified atom stereocenters. The zero-order valence-electron chi connectivity index (χ0n) is 9.82. The van der Waals surface area contributed by atoms with Crippen molar-refractivity contribution in [2.24, 2.45) is 0 Å². The first kappa shape index (κ1) is 14.8. The number of carboxylic acid groups (broad SMARTS) is 1. The Labute approximate surface area is 115 Å². The molecule has 18 heavy (non-hydrogen) atoms. The molecule has 0 bridgehead atoms. The van der Waals surface area contributed by atoms with Crippen molar-refractivity contribution in [3.8, 4) is 0 Å². The highest BCUT2D eigenvalue weighted by atomic mass is 35.5. The van der Waals surface area contributed by atoms with Gasteiger partial charge in [0.25, 0.3) is 0 Å². The normalized spacial score (nSPS) is 10.2. The summed E-state index contributed by atoms with van der Waals surface area (Å²) in [4.78, 5) is 23.4. The maximum Gasteiger partial charge on any atom is 0.303 e. The first-order chi connectivity index (χ1) is 8.40. The minimum Gasteiger partial charge on any atom is -0.481 e. The molecule has 1 aromatic carbocycles. The van der Waals surface area contributed by atoms with Gasteiger partial charge in [-0.3, -0.25) is 9.59 Å². The molecule has 0 aliphatic rings. The summed E-state index contributed by atoms with van der Waals surface area (Å²) in [5.74, 6) is -1.22. The minimum absolute atomic E-state index is 0.0168. The van der Waals surface area contributed by atoms with Gasteiger partial charge in [0.15, 0.2) is 0 Å². The van der Waals surface area contributed by atoms with E-state index in [2.05, 4.69) is 0 Å². The number of carboxylic acids is 1. The molecule has 0 spiro atoms. The minimum atomic E-state index is -0.985. The van der Waals surface area contributed by atoms with Gasteiger partial charge in [0.1, 0.15) is 0 Å². The van der Waals surface area contributed by atoms with Crippen LogP contribution in [0.4, 0.5) is 0 Å². The average Bonchev–Trinajstić information content (AvgIpc) is 2.29. The van der Waals surface area contributed by atoms with E-state index in [1.54, 1.807) is 25.2 Å². The topological polar surface area (TPSA) is 57.6 Å². The lowest BCUT2D eigenvalue weighted by atomic mass is 10.2. The van der Waals surface area contributed by atoms with Gasteiger partial charge in [-0.1, -0.05) is 29.3 Å². The Morgan fingerprint density at radius 2 is 1.94 bits per heavy atom. The number of carbonyl (C=O) groups is 2. The van der Waals surface area contributed by atoms with Crippen LogP contribution in [-0.4, -0.2) is 28.9 Å². The van der Waals surface area contributed by atoms with Gasteiger partial charge in [0, 0.05) is 30.1 Å². The molecule has 0 saturated heterocycles. The molecule has 1 N–H and O–H groups in total. The van der Waals surface area contributed by atoms with Crippen LogP contribution < -0.4 is 0 Å². The van der Waals surface area contributed by atoms with E-state index in [1.807, 2.05) is 0 Å². The van der Waals surface area contributed by atoms with E-state index in [4.69, 9.17) is 28.3 Å². The molecule has 0 atom stereocenters. The fraction of sp³-hybridized carbons (Fsp3) is 0.333. The summed E-state index contributed by atoms with van der Waals surface area (Å²) in [6.45, 7) is 0.328. The molecule has 0 saturated carbocycles. The first-order valence-corrected chi connectivity index (χ1v) is 6.05. The summed E-state index contributed by atoms with van der Waals surface area (Å²) in [6.07, 6.45) is -0.186. The van der Waals surface area contributed by atoms with Crippen molar-refractivity contribution in [1.29, 1.82) is 0 Å². The zero-order valence-corrected chi connectivity index (χ0v) is 11.3. The lowest BCUT2D eigenvalue weighted by Crippen LogP contribution is -2.26. The SMILES string of the molecule is CN(Cc1ccc(Cl)cc1Cl)C(=O)CCC(=O)O. The Bertz CT molecular complexity index is 463. The molecule has 6 heteroatoms. The van der Waals surface area contributed by atoms with Gasteiger partial charge in [0.2, 0.25) is 5.91 Å². The molecule has 0 fully saturated rings. The third kappa shape index (κ3) is 4.55. The van der Waals surface area contributed by atoms with E-state index in [1.165, 1.54) is 4.90 Å². The van der Waals surface area contributed by atoms with E-state index in [-0.39, 0.29) is 18.7 Å². The summed E-state index contributed by atoms with van der Waals surface area (Å²) in [6, 6.07) is 5.04. The van der Waals surface area contributed by atoms with Crippen LogP contribution in [0.15, 0.2) is 18.2 Å². The standard InChI is InChI=1S/C12H13Cl2NO3/c1-15(11(16)4-5-12(17)18)7-8-2-3-9(13)6-10(8)14/h2-3,6H,4-5,7H2,1H3,(H,17,18). The summed E-state index contributed by atoms with van der Waals surface area (Å²) in [7, 11) is 1.61. The third-order valence-corrected chi connectivity index (χ3v) is 2.99. The smallest absolute Gasteiger partial charge is 0.303 e. The van der Waals surface area contributed by atoms with E-state index in [0.29, 0.717) is 16.6 Å². The molecule has 1 rings (SSSR count). The Balaban J connectivity index is 2.60. The fourth-order valence-electron chi connectivity index (χ4n) is 1.40. The number of benzene rings is 1. The van der Waals surface area contributed by atoms with Crippen molar-refractivity contribution in [1.82, 2.24) is 4.90 Å². The summed E-state index contributed by atoms with van der Waals surface area (Å²) in [5, 5.41) is 9.52. The molecule has 98 valence electrons. The lowest BCUT2D eigenvalue weighted by Gasteiger charge is -2.17. The van der Waals surface area contributed by atoms with Crippen LogP contribution in [0.5, 0.6) is 0 Å². The second-order valence-electron chi connectivity index (χ2n) is 3.88. The number of rotatable bonds is 5. The predicted molar refractivity (Wildman–Crippen MR) is 69.8 cm³/mol. The quantitative estimate of drug-likeness (QED) is 0.907. The van der Waals surface area contributed by atoms with Crippen LogP contribution in [0, 0.1) is 0 Å². The zero-order chi connectivity index (χ0) is 13.7. The maximum atomic E-state index is 11.6. The number of amides is 1. The molecule has 0 aromatic heterocycles. The lowest BCUT2D eigenvalue weighted by molar-refractivity contribution is -0.140. The van der Waals surface area contributed by atoms with Gasteiger partial charge in [-0.2, -0.15) is 0 Å². The van der Waals surface area contributed by atoms with Gasteiger partial charge in [-0.15, -0.1) is 0 Å². The van der Waals surface area contributed by atoms with Gasteiger partial charge >= 0.3 is 5.97 Å². The number of halogens is 2. The second-order valence-corrected chi connectivity index (χ2v) is 4.72. The van der Waals surface area contributed by atoms with Crippen LogP contribution in [0.25, 0.3) is 0 Å². The third-order valence-electron chi connectivity index (χ3n) is 2.40. The summed E-state index contributed by atoms with van der Waals surface area (Å²) >= 11 is 11.8. The summed E-state index contributed by atoms with van der Waals surface area (Å²) < 4.78 is 0. The predicted octanol–water partition coefficient (Wildman–Crippen LogP) is 2.82. The highest BCUT2D eigenvalue weighted by molar-refractivity contribution is 6.35. The highest BCUT2D eigenvalue weighted by Gasteiger charge is 2.12. The Kier molecular flexibility index (Phi) is 5.44. The van der Waals surface area contributed by atoms with Crippen molar-refractivity contribution in [2.75, 3.05) is 7.05 Å². The average molecular weight is 290 g/mol. The van der Waals surface area contributed by atoms with Crippen molar-refractivity contribution >= 4 is 35.1 Å². The Morgan fingerprint density at radius 3 is 2.50 bits per heavy atom. The highest BCUT2D eigenvalue weighted by Crippen LogP contribution is 2.22. The van der Waals surface area contributed by atoms with Crippen LogP contribution >= 0.6 is 23.2 Å². The molecule has 4 nitrogen and oxygen atoms in total. The van der Waals surface area contributed by atoms with Crippen molar-refractivity contribution < 1.29 is 14.7 Å². The number of nitrogens with zero attached hydrogens (tertiary/aromatic N) is 1. The maximum absolute atomic E-state index is 11.6. The van der Waals surface area contributed by atoms with Crippen LogP contribution in [0.1, 0.15) is 18.4 Å². The fourth-order valence-corrected chi connectivity index (χ4v) is 1.87. The molecule has 1 aromatic rings. The van der Waals surface area contributed by atoms with E-state index < -0.39 is 5.97 Å². The summed E-state index contributed by atoms with van der Waals surface area (Å²) in [5.41, 5.74) is 0.771. The van der Waals surface area contributed by atoms with Gasteiger partial charge in [-0.05, 0) is 17.7 Å². The molecular formula is C12H13Cl2NO3. The van der Waals surface area contributed by atoms with Gasteiger partial charge in [0.05, 0.1) is 6.42 Å². The van der Waals surface area contributed by atoms with Gasteiger partial charge < -0.3 is 10.0 Å². The number of carbonyl (C=O) groups excluding carboxylic acids is 1. The van der Waals surface area contributed by atoms with Crippen molar-refractivity contribution in [2.45, 2.75) is 19.4 Å². The molecule has 0 heterocycles. The number of hydrogen-bond donors (Lipinski definition) is 1. The second kappa shape index (κ2) is 6.61. The van der Waals surface area contributed by atoms with Crippen LogP contribution in [0.2, 0.25) is 10.0 Å². The Morgan fingerprint density at radius 1 is 1.28 bits per heavy atom. The first-order valence-electron chi connectivity index (χ1n) is 5.30. The molecule has 0 aliphatic heterocycles. The molecule has 1 amide bonds. The van der Waals surface area contributed by atoms with Gasteiger partial charge in [-0.25, -0.2) is 0 Å². The van der Waals surface area contributed by atoms with Crippen LogP contribution in [0.3, 0.4) is 0 Å². The largest absolute Gasteiger partial charge is 0.481 e. The Hall–Kier alpha value is -1.26. The van der Waals surface area contributed by atoms with E-state index in [9.17, 15) is 9.59 Å². The monoisotopic (exact) mass is 289 g/mol. The van der Waals surface area contributed by atoms with E-state index in [0.717, 1.165) is 5.56 Å². The number of aliphatic carboxylic acids is 1.